The van der Waals surface area contributed by atoms with E-state index in [4.69, 9.17) is 5.73 Å². The number of nitrogens with one attached hydrogen (secondary N) is 2. The van der Waals surface area contributed by atoms with Crippen molar-refractivity contribution < 1.29 is 24.4 Å². The first-order valence-electron chi connectivity index (χ1n) is 11.7. The first kappa shape index (κ1) is 25.2. The lowest BCUT2D eigenvalue weighted by molar-refractivity contribution is -0.141. The molecule has 3 rings (SSSR count). The van der Waals surface area contributed by atoms with Gasteiger partial charge < -0.3 is 11.1 Å². The molecule has 0 heterocycles. The lowest BCUT2D eigenvalue weighted by Gasteiger charge is -2.37. The fourth-order valence-corrected chi connectivity index (χ4v) is 4.72. The van der Waals surface area contributed by atoms with Crippen LogP contribution in [0.4, 0.5) is 11.4 Å². The van der Waals surface area contributed by atoms with Crippen LogP contribution >= 0.6 is 0 Å². The van der Waals surface area contributed by atoms with Crippen molar-refractivity contribution in [3.05, 3.63) is 36.4 Å². The summed E-state index contributed by atoms with van der Waals surface area (Å²) in [6.45, 7) is 3.47. The molecule has 3 atom stereocenters. The highest BCUT2D eigenvalue weighted by molar-refractivity contribution is 6.09. The summed E-state index contributed by atoms with van der Waals surface area (Å²) in [5.74, 6) is -3.45. The summed E-state index contributed by atoms with van der Waals surface area (Å²) in [4.78, 5) is 52.5. The molecule has 0 bridgehead atoms. The minimum absolute atomic E-state index is 0.231. The van der Waals surface area contributed by atoms with Gasteiger partial charge in [-0.2, -0.15) is 0 Å². The van der Waals surface area contributed by atoms with Gasteiger partial charge in [0.15, 0.2) is 0 Å². The van der Waals surface area contributed by atoms with Crippen LogP contribution in [0.15, 0.2) is 36.4 Å². The third-order valence-electron chi connectivity index (χ3n) is 6.51. The Morgan fingerprint density at radius 3 is 2.24 bits per heavy atom. The zero-order chi connectivity index (χ0) is 24.8. The molecule has 1 unspecified atom stereocenters. The number of nitrogens with two attached hydrogens (primary N) is 1. The van der Waals surface area contributed by atoms with Gasteiger partial charge in [0.05, 0.1) is 23.2 Å². The van der Waals surface area contributed by atoms with Gasteiger partial charge in [-0.1, -0.05) is 51.0 Å². The van der Waals surface area contributed by atoms with E-state index in [1.54, 1.807) is 31.5 Å². The Morgan fingerprint density at radius 2 is 1.68 bits per heavy atom. The summed E-state index contributed by atoms with van der Waals surface area (Å²) in [6.07, 6.45) is 2.86. The number of carbonyl (C=O) groups is 4. The topological polar surface area (TPSA) is 142 Å². The summed E-state index contributed by atoms with van der Waals surface area (Å²) >= 11 is 0. The van der Waals surface area contributed by atoms with Gasteiger partial charge in [0.1, 0.15) is 6.04 Å². The highest BCUT2D eigenvalue weighted by Gasteiger charge is 2.41. The average Bonchev–Trinajstić information content (AvgIpc) is 2.85. The van der Waals surface area contributed by atoms with Gasteiger partial charge in [0.2, 0.25) is 23.6 Å². The van der Waals surface area contributed by atoms with Crippen LogP contribution in [0, 0.1) is 11.8 Å². The monoisotopic (exact) mass is 468 g/mol. The lowest BCUT2D eigenvalue weighted by atomic mass is 9.77. The quantitative estimate of drug-likeness (QED) is 0.348. The molecule has 1 saturated carbocycles. The summed E-state index contributed by atoms with van der Waals surface area (Å²) < 4.78 is 0. The number of hydrogen-bond donors (Lipinski definition) is 4. The largest absolute Gasteiger partial charge is 0.368 e. The molecule has 0 saturated heterocycles. The number of hydroxylamine groups is 1. The van der Waals surface area contributed by atoms with Crippen molar-refractivity contribution in [2.45, 2.75) is 58.4 Å². The van der Waals surface area contributed by atoms with E-state index in [2.05, 4.69) is 5.32 Å². The zero-order valence-electron chi connectivity index (χ0n) is 19.5. The van der Waals surface area contributed by atoms with Gasteiger partial charge in [0.25, 0.3) is 0 Å². The van der Waals surface area contributed by atoms with Gasteiger partial charge in [0, 0.05) is 6.42 Å². The van der Waals surface area contributed by atoms with E-state index in [-0.39, 0.29) is 18.7 Å². The molecule has 9 heteroatoms. The number of anilines is 2. The number of hydrogen-bond acceptors (Lipinski definition) is 5. The normalized spacial score (nSPS) is 18.7. The first-order valence-corrected chi connectivity index (χ1v) is 11.7. The Kier molecular flexibility index (Phi) is 8.22. The zero-order valence-corrected chi connectivity index (χ0v) is 19.5. The maximum absolute atomic E-state index is 14.0. The van der Waals surface area contributed by atoms with Gasteiger partial charge in [-0.15, -0.1) is 0 Å². The predicted molar refractivity (Wildman–Crippen MR) is 129 cm³/mol. The summed E-state index contributed by atoms with van der Waals surface area (Å²) in [5, 5.41) is 13.7. The van der Waals surface area contributed by atoms with Crippen LogP contribution in [-0.4, -0.2) is 34.9 Å². The molecule has 4 amide bonds. The molecular weight excluding hydrogens is 436 g/mol. The van der Waals surface area contributed by atoms with Crippen LogP contribution < -0.4 is 21.4 Å². The molecule has 0 aromatic heterocycles. The van der Waals surface area contributed by atoms with Gasteiger partial charge in [-0.25, -0.2) is 5.48 Å². The van der Waals surface area contributed by atoms with Crippen LogP contribution in [0.3, 0.4) is 0 Å². The molecule has 2 aromatic carbocycles. The van der Waals surface area contributed by atoms with Gasteiger partial charge in [-0.05, 0) is 42.2 Å². The van der Waals surface area contributed by atoms with E-state index in [9.17, 15) is 24.4 Å². The molecule has 5 N–H and O–H groups in total. The molecule has 1 fully saturated rings. The number of nitrogens with zero attached hydrogens (tertiary/aromatic N) is 1. The first-order chi connectivity index (χ1) is 16.3. The second-order valence-corrected chi connectivity index (χ2v) is 8.63. The van der Waals surface area contributed by atoms with Gasteiger partial charge >= 0.3 is 0 Å². The van der Waals surface area contributed by atoms with Crippen molar-refractivity contribution in [1.82, 2.24) is 5.48 Å². The maximum Gasteiger partial charge on any atom is 0.247 e. The third-order valence-corrected chi connectivity index (χ3v) is 6.51. The molecule has 1 aliphatic rings. The molecule has 182 valence electrons. The minimum Gasteiger partial charge on any atom is -0.368 e. The second-order valence-electron chi connectivity index (χ2n) is 8.63. The fraction of sp³-hybridized carbons (Fsp3) is 0.440. The van der Waals surface area contributed by atoms with E-state index in [1.165, 1.54) is 4.90 Å². The maximum atomic E-state index is 14.0. The number of fused-ring (bicyclic) bond motifs is 1. The Bertz CT molecular complexity index is 1090. The molecule has 2 aromatic rings. The van der Waals surface area contributed by atoms with Crippen molar-refractivity contribution in [2.75, 3.05) is 10.2 Å². The van der Waals surface area contributed by atoms with Crippen LogP contribution in [0.25, 0.3) is 10.8 Å². The molecule has 0 aliphatic heterocycles. The van der Waals surface area contributed by atoms with Crippen molar-refractivity contribution in [1.29, 1.82) is 0 Å². The van der Waals surface area contributed by atoms with Crippen LogP contribution in [0.2, 0.25) is 0 Å². The highest BCUT2D eigenvalue weighted by atomic mass is 16.5. The smallest absolute Gasteiger partial charge is 0.247 e. The van der Waals surface area contributed by atoms with Crippen LogP contribution in [-0.2, 0) is 19.2 Å². The number of rotatable bonds is 8. The minimum atomic E-state index is -0.981. The Morgan fingerprint density at radius 1 is 1.06 bits per heavy atom. The van der Waals surface area contributed by atoms with Crippen LogP contribution in [0.1, 0.15) is 52.4 Å². The second kappa shape index (κ2) is 11.1. The average molecular weight is 469 g/mol. The third kappa shape index (κ3) is 5.20. The summed E-state index contributed by atoms with van der Waals surface area (Å²) in [7, 11) is 0. The standard InChI is InChI=1S/C25H32N4O5/c1-3-20(23(26)31)29(25(33)18-12-8-7-11-17(18)24(32)28-34)21-14-16-10-6-5-9-15(16)13-19(21)27-22(30)4-2/h5-6,9-10,13-14,17-18,20,34H,3-4,7-8,11-12H2,1-2H3,(H2,26,31)(H,27,30)(H,28,32)/t17-,18-,20?/m0/s1. The van der Waals surface area contributed by atoms with Crippen molar-refractivity contribution in [3.63, 3.8) is 0 Å². The SMILES string of the molecule is CCC(=O)Nc1cc2ccccc2cc1N(C(=O)[C@H]1CCCC[C@@H]1C(=O)NO)C(CC)C(N)=O. The van der Waals surface area contributed by atoms with Gasteiger partial charge in [-0.3, -0.25) is 29.3 Å². The van der Waals surface area contributed by atoms with E-state index >= 15 is 0 Å². The fourth-order valence-electron chi connectivity index (χ4n) is 4.72. The Balaban J connectivity index is 2.19. The molecule has 1 aliphatic carbocycles. The molecule has 34 heavy (non-hydrogen) atoms. The Labute approximate surface area is 198 Å². The van der Waals surface area contributed by atoms with Crippen molar-refractivity contribution >= 4 is 45.8 Å². The molecule has 0 spiro atoms. The van der Waals surface area contributed by atoms with E-state index in [0.717, 1.165) is 23.6 Å². The lowest BCUT2D eigenvalue weighted by Crippen LogP contribution is -2.53. The number of primary amides is 1. The number of benzene rings is 2. The molecular formula is C25H32N4O5. The van der Waals surface area contributed by atoms with Crippen LogP contribution in [0.5, 0.6) is 0 Å². The van der Waals surface area contributed by atoms with E-state index in [0.29, 0.717) is 24.2 Å². The summed E-state index contributed by atoms with van der Waals surface area (Å²) in [6, 6.07) is 10.0. The Hall–Kier alpha value is -3.46. The molecule has 9 nitrogen and oxygen atoms in total. The van der Waals surface area contributed by atoms with E-state index in [1.807, 2.05) is 24.3 Å². The number of carbonyl (C=O) groups excluding carboxylic acids is 4. The van der Waals surface area contributed by atoms with Crippen molar-refractivity contribution in [3.8, 4) is 0 Å². The van der Waals surface area contributed by atoms with E-state index < -0.39 is 35.6 Å². The highest BCUT2D eigenvalue weighted by Crippen LogP contribution is 2.38. The predicted octanol–water partition coefficient (Wildman–Crippen LogP) is 3.10. The summed E-state index contributed by atoms with van der Waals surface area (Å²) in [5.41, 5.74) is 8.14. The molecule has 0 radical (unpaired) electrons. The van der Waals surface area contributed by atoms with Crippen molar-refractivity contribution in [2.24, 2.45) is 17.6 Å². The number of amides is 4.